The van der Waals surface area contributed by atoms with Crippen LogP contribution in [0.1, 0.15) is 41.0 Å². The molecule has 0 fully saturated rings. The van der Waals surface area contributed by atoms with E-state index in [9.17, 15) is 9.59 Å². The second-order valence-corrected chi connectivity index (χ2v) is 6.26. The van der Waals surface area contributed by atoms with Crippen LogP contribution in [0, 0.1) is 0 Å². The minimum absolute atomic E-state index is 0.0974. The predicted octanol–water partition coefficient (Wildman–Crippen LogP) is 3.53. The van der Waals surface area contributed by atoms with Gasteiger partial charge in [0, 0.05) is 42.6 Å². The van der Waals surface area contributed by atoms with Gasteiger partial charge in [-0.05, 0) is 55.8 Å². The van der Waals surface area contributed by atoms with Gasteiger partial charge in [-0.15, -0.1) is 0 Å². The fraction of sp³-hybridized carbons (Fsp3) is 0.300. The van der Waals surface area contributed by atoms with Crippen molar-refractivity contribution in [2.24, 2.45) is 0 Å². The summed E-state index contributed by atoms with van der Waals surface area (Å²) in [5.74, 6) is -0.407. The van der Waals surface area contributed by atoms with Crippen LogP contribution in [0.2, 0.25) is 0 Å². The summed E-state index contributed by atoms with van der Waals surface area (Å²) < 4.78 is 0. The number of benzene rings is 2. The molecule has 0 aliphatic carbocycles. The topological polar surface area (TPSA) is 61.4 Å². The summed E-state index contributed by atoms with van der Waals surface area (Å²) in [5.41, 5.74) is 2.70. The Balaban J connectivity index is 2.09. The predicted molar refractivity (Wildman–Crippen MR) is 102 cm³/mol. The van der Waals surface area contributed by atoms with Crippen LogP contribution in [0.4, 0.5) is 11.4 Å². The second-order valence-electron chi connectivity index (χ2n) is 6.26. The van der Waals surface area contributed by atoms with Gasteiger partial charge in [0.2, 0.25) is 0 Å². The molecule has 2 aromatic rings. The Labute approximate surface area is 149 Å². The lowest BCUT2D eigenvalue weighted by molar-refractivity contribution is 0.0939. The Morgan fingerprint density at radius 3 is 2.16 bits per heavy atom. The van der Waals surface area contributed by atoms with Crippen molar-refractivity contribution in [2.75, 3.05) is 24.3 Å². The van der Waals surface area contributed by atoms with Crippen LogP contribution in [-0.2, 0) is 0 Å². The smallest absolute Gasteiger partial charge is 0.255 e. The van der Waals surface area contributed by atoms with Crippen LogP contribution in [0.15, 0.2) is 48.5 Å². The van der Waals surface area contributed by atoms with Crippen LogP contribution in [0.5, 0.6) is 0 Å². The van der Waals surface area contributed by atoms with Crippen LogP contribution in [-0.4, -0.2) is 32.0 Å². The van der Waals surface area contributed by atoms with Crippen molar-refractivity contribution in [3.8, 4) is 0 Å². The maximum atomic E-state index is 12.4. The molecule has 5 heteroatoms. The molecule has 25 heavy (non-hydrogen) atoms. The average molecular weight is 339 g/mol. The molecule has 0 aliphatic rings. The van der Waals surface area contributed by atoms with E-state index >= 15 is 0 Å². The lowest BCUT2D eigenvalue weighted by atomic mass is 10.1. The molecule has 2 N–H and O–H groups in total. The van der Waals surface area contributed by atoms with Crippen LogP contribution < -0.4 is 15.5 Å². The summed E-state index contributed by atoms with van der Waals surface area (Å²) in [4.78, 5) is 26.6. The van der Waals surface area contributed by atoms with Gasteiger partial charge >= 0.3 is 0 Å². The highest BCUT2D eigenvalue weighted by Crippen LogP contribution is 2.17. The first-order chi connectivity index (χ1) is 11.9. The van der Waals surface area contributed by atoms with Gasteiger partial charge in [-0.25, -0.2) is 0 Å². The molecule has 0 radical (unpaired) electrons. The van der Waals surface area contributed by atoms with Crippen molar-refractivity contribution in [1.82, 2.24) is 5.32 Å². The Kier molecular flexibility index (Phi) is 6.17. The van der Waals surface area contributed by atoms with Crippen molar-refractivity contribution in [2.45, 2.75) is 26.3 Å². The van der Waals surface area contributed by atoms with E-state index in [1.54, 1.807) is 24.3 Å². The molecule has 5 nitrogen and oxygen atoms in total. The molecule has 0 bridgehead atoms. The van der Waals surface area contributed by atoms with Crippen molar-refractivity contribution in [3.05, 3.63) is 59.7 Å². The number of nitrogens with zero attached hydrogens (tertiary/aromatic N) is 1. The summed E-state index contributed by atoms with van der Waals surface area (Å²) in [7, 11) is 3.92. The molecule has 2 amide bonds. The second kappa shape index (κ2) is 8.33. The standard InChI is InChI=1S/C20H25N3O2/c1-5-14(2)21-19(24)15-7-6-8-16(13-15)20(25)22-17-9-11-18(12-10-17)23(3)4/h6-14H,5H2,1-4H3,(H,21,24)(H,22,25). The number of nitrogens with one attached hydrogen (secondary N) is 2. The lowest BCUT2D eigenvalue weighted by Gasteiger charge is -2.13. The Hall–Kier alpha value is -2.82. The van der Waals surface area contributed by atoms with E-state index in [-0.39, 0.29) is 17.9 Å². The molecule has 0 aliphatic heterocycles. The third-order valence-electron chi connectivity index (χ3n) is 4.02. The molecule has 0 saturated heterocycles. The molecule has 0 heterocycles. The van der Waals surface area contributed by atoms with Crippen molar-refractivity contribution >= 4 is 23.2 Å². The van der Waals surface area contributed by atoms with Gasteiger partial charge in [0.1, 0.15) is 0 Å². The van der Waals surface area contributed by atoms with E-state index in [1.165, 1.54) is 0 Å². The van der Waals surface area contributed by atoms with Gasteiger partial charge in [0.25, 0.3) is 11.8 Å². The number of amides is 2. The van der Waals surface area contributed by atoms with Crippen molar-refractivity contribution in [1.29, 1.82) is 0 Å². The summed E-state index contributed by atoms with van der Waals surface area (Å²) in [6.45, 7) is 3.96. The lowest BCUT2D eigenvalue weighted by Crippen LogP contribution is -2.32. The largest absolute Gasteiger partial charge is 0.378 e. The number of carbonyl (C=O) groups excluding carboxylic acids is 2. The number of hydrogen-bond donors (Lipinski definition) is 2. The van der Waals surface area contributed by atoms with E-state index < -0.39 is 0 Å². The quantitative estimate of drug-likeness (QED) is 0.846. The Morgan fingerprint density at radius 1 is 1.00 bits per heavy atom. The summed E-state index contributed by atoms with van der Waals surface area (Å²) in [6.07, 6.45) is 0.856. The zero-order valence-electron chi connectivity index (χ0n) is 15.2. The molecule has 0 aromatic heterocycles. The molecular weight excluding hydrogens is 314 g/mol. The van der Waals surface area contributed by atoms with Gasteiger partial charge in [-0.2, -0.15) is 0 Å². The van der Waals surface area contributed by atoms with Crippen LogP contribution in [0.3, 0.4) is 0 Å². The molecule has 1 atom stereocenters. The third-order valence-corrected chi connectivity index (χ3v) is 4.02. The van der Waals surface area contributed by atoms with Crippen LogP contribution >= 0.6 is 0 Å². The van der Waals surface area contributed by atoms with Gasteiger partial charge in [0.15, 0.2) is 0 Å². The van der Waals surface area contributed by atoms with E-state index in [0.29, 0.717) is 16.8 Å². The SMILES string of the molecule is CCC(C)NC(=O)c1cccc(C(=O)Nc2ccc(N(C)C)cc2)c1. The highest BCUT2D eigenvalue weighted by Gasteiger charge is 2.12. The average Bonchev–Trinajstić information content (AvgIpc) is 2.62. The third kappa shape index (κ3) is 5.08. The zero-order chi connectivity index (χ0) is 18.4. The Bertz CT molecular complexity index is 739. The van der Waals surface area contributed by atoms with E-state index in [1.807, 2.05) is 57.1 Å². The monoisotopic (exact) mass is 339 g/mol. The Morgan fingerprint density at radius 2 is 1.60 bits per heavy atom. The van der Waals surface area contributed by atoms with E-state index in [2.05, 4.69) is 10.6 Å². The number of hydrogen-bond acceptors (Lipinski definition) is 3. The number of carbonyl (C=O) groups is 2. The number of anilines is 2. The summed E-state index contributed by atoms with van der Waals surface area (Å²) in [6, 6.07) is 14.4. The van der Waals surface area contributed by atoms with Gasteiger partial charge in [-0.1, -0.05) is 13.0 Å². The highest BCUT2D eigenvalue weighted by molar-refractivity contribution is 6.06. The maximum Gasteiger partial charge on any atom is 0.255 e. The minimum Gasteiger partial charge on any atom is -0.378 e. The molecule has 0 spiro atoms. The fourth-order valence-corrected chi connectivity index (χ4v) is 2.26. The summed E-state index contributed by atoms with van der Waals surface area (Å²) in [5, 5.41) is 5.76. The zero-order valence-corrected chi connectivity index (χ0v) is 15.2. The highest BCUT2D eigenvalue weighted by atomic mass is 16.2. The van der Waals surface area contributed by atoms with Gasteiger partial charge in [0.05, 0.1) is 0 Å². The summed E-state index contributed by atoms with van der Waals surface area (Å²) >= 11 is 0. The van der Waals surface area contributed by atoms with E-state index in [0.717, 1.165) is 12.1 Å². The van der Waals surface area contributed by atoms with Gasteiger partial charge < -0.3 is 15.5 Å². The normalized spacial score (nSPS) is 11.5. The first-order valence-electron chi connectivity index (χ1n) is 8.40. The molecular formula is C20H25N3O2. The minimum atomic E-state index is -0.240. The van der Waals surface area contributed by atoms with Crippen molar-refractivity contribution < 1.29 is 9.59 Å². The first-order valence-corrected chi connectivity index (χ1v) is 8.40. The van der Waals surface area contributed by atoms with E-state index in [4.69, 9.17) is 0 Å². The van der Waals surface area contributed by atoms with Crippen molar-refractivity contribution in [3.63, 3.8) is 0 Å². The molecule has 2 rings (SSSR count). The fourth-order valence-electron chi connectivity index (χ4n) is 2.26. The number of rotatable bonds is 6. The van der Waals surface area contributed by atoms with Crippen LogP contribution in [0.25, 0.3) is 0 Å². The molecule has 132 valence electrons. The molecule has 1 unspecified atom stereocenters. The maximum absolute atomic E-state index is 12.4. The first kappa shape index (κ1) is 18.5. The molecule has 0 saturated carbocycles. The van der Waals surface area contributed by atoms with Gasteiger partial charge in [-0.3, -0.25) is 9.59 Å². The molecule has 2 aromatic carbocycles.